The SMILES string of the molecule is c1ccc(-c2ccc(N(c3ccc4c(c3)C3(c5ccccc5-c5ccc(N(c6ccccc6)c6ccccc6)cc53)c3ccccc3-4)c3cccc4c3c3ccccc3n4-c3ccccc3)cc2)cc1. The number of rotatable bonds is 8. The topological polar surface area (TPSA) is 11.4 Å². The summed E-state index contributed by atoms with van der Waals surface area (Å²) in [5.41, 5.74) is 22.2. The number of para-hydroxylation sites is 4. The van der Waals surface area contributed by atoms with Gasteiger partial charge in [-0.3, -0.25) is 0 Å². The highest BCUT2D eigenvalue weighted by Crippen LogP contribution is 2.64. The maximum absolute atomic E-state index is 2.51. The number of anilines is 6. The Morgan fingerprint density at radius 2 is 0.729 bits per heavy atom. The molecule has 0 fully saturated rings. The zero-order chi connectivity index (χ0) is 46.2. The number of fused-ring (bicyclic) bond motifs is 13. The highest BCUT2D eigenvalue weighted by atomic mass is 15.2. The van der Waals surface area contributed by atoms with E-state index in [-0.39, 0.29) is 0 Å². The van der Waals surface area contributed by atoms with Crippen LogP contribution in [0.2, 0.25) is 0 Å². The fourth-order valence-corrected chi connectivity index (χ4v) is 11.9. The zero-order valence-corrected chi connectivity index (χ0v) is 38.3. The fraction of sp³-hybridized carbons (Fsp3) is 0.0149. The first-order valence-electron chi connectivity index (χ1n) is 24.2. The molecule has 3 nitrogen and oxygen atoms in total. The lowest BCUT2D eigenvalue weighted by molar-refractivity contribution is 0.793. The second-order valence-electron chi connectivity index (χ2n) is 18.4. The van der Waals surface area contributed by atoms with Gasteiger partial charge in [-0.25, -0.2) is 0 Å². The minimum absolute atomic E-state index is 0.596. The molecule has 2 aliphatic rings. The van der Waals surface area contributed by atoms with Crippen LogP contribution in [-0.4, -0.2) is 4.57 Å². The van der Waals surface area contributed by atoms with Gasteiger partial charge in [-0.1, -0.05) is 182 Å². The summed E-state index contributed by atoms with van der Waals surface area (Å²) in [5, 5.41) is 2.41. The van der Waals surface area contributed by atoms with Crippen molar-refractivity contribution in [2.75, 3.05) is 9.80 Å². The summed E-state index contributed by atoms with van der Waals surface area (Å²) in [5.74, 6) is 0. The van der Waals surface area contributed by atoms with E-state index in [0.29, 0.717) is 0 Å². The summed E-state index contributed by atoms with van der Waals surface area (Å²) in [6, 6.07) is 100. The van der Waals surface area contributed by atoms with Crippen LogP contribution in [0.4, 0.5) is 34.1 Å². The molecule has 0 radical (unpaired) electrons. The number of hydrogen-bond donors (Lipinski definition) is 0. The Kier molecular flexibility index (Phi) is 9.11. The van der Waals surface area contributed by atoms with Gasteiger partial charge in [0.25, 0.3) is 0 Å². The molecule has 14 rings (SSSR count). The average Bonchev–Trinajstić information content (AvgIpc) is 4.04. The lowest BCUT2D eigenvalue weighted by atomic mass is 9.70. The normalized spacial score (nSPS) is 14.1. The molecule has 0 saturated heterocycles. The summed E-state index contributed by atoms with van der Waals surface area (Å²) in [4.78, 5) is 4.89. The lowest BCUT2D eigenvalue weighted by Gasteiger charge is -2.33. The van der Waals surface area contributed by atoms with Gasteiger partial charge in [0.2, 0.25) is 0 Å². The van der Waals surface area contributed by atoms with Crippen LogP contribution in [0.1, 0.15) is 22.3 Å². The molecule has 1 spiro atoms. The van der Waals surface area contributed by atoms with Crippen molar-refractivity contribution in [3.8, 4) is 39.1 Å². The minimum Gasteiger partial charge on any atom is -0.310 e. The quantitative estimate of drug-likeness (QED) is 0.151. The maximum Gasteiger partial charge on any atom is 0.0727 e. The molecular weight excluding hydrogens is 847 g/mol. The lowest BCUT2D eigenvalue weighted by Crippen LogP contribution is -2.26. The van der Waals surface area contributed by atoms with Crippen molar-refractivity contribution in [3.63, 3.8) is 0 Å². The third kappa shape index (κ3) is 5.95. The third-order valence-electron chi connectivity index (χ3n) is 14.8. The molecule has 328 valence electrons. The van der Waals surface area contributed by atoms with Gasteiger partial charge in [0.15, 0.2) is 0 Å². The van der Waals surface area contributed by atoms with Crippen molar-refractivity contribution in [1.29, 1.82) is 0 Å². The van der Waals surface area contributed by atoms with E-state index in [1.54, 1.807) is 0 Å². The van der Waals surface area contributed by atoms with Crippen molar-refractivity contribution in [2.45, 2.75) is 5.41 Å². The third-order valence-corrected chi connectivity index (χ3v) is 14.8. The molecule has 0 saturated carbocycles. The molecule has 2 aliphatic carbocycles. The summed E-state index contributed by atoms with van der Waals surface area (Å²) in [6.45, 7) is 0. The Bertz CT molecular complexity index is 3880. The first-order valence-corrected chi connectivity index (χ1v) is 24.2. The van der Waals surface area contributed by atoms with E-state index in [4.69, 9.17) is 0 Å². The van der Waals surface area contributed by atoms with E-state index in [0.717, 1.165) is 45.3 Å². The van der Waals surface area contributed by atoms with E-state index in [1.807, 2.05) is 0 Å². The Balaban J connectivity index is 1.04. The van der Waals surface area contributed by atoms with Crippen LogP contribution in [0, 0.1) is 0 Å². The van der Waals surface area contributed by atoms with Crippen LogP contribution in [0.15, 0.2) is 273 Å². The van der Waals surface area contributed by atoms with Gasteiger partial charge in [0.05, 0.1) is 22.1 Å². The van der Waals surface area contributed by atoms with Crippen LogP contribution in [0.25, 0.3) is 60.9 Å². The Labute approximate surface area is 408 Å². The molecule has 0 bridgehead atoms. The molecule has 0 aliphatic heterocycles. The molecule has 1 heterocycles. The largest absolute Gasteiger partial charge is 0.310 e. The summed E-state index contributed by atoms with van der Waals surface area (Å²) in [6.07, 6.45) is 0. The summed E-state index contributed by atoms with van der Waals surface area (Å²) >= 11 is 0. The van der Waals surface area contributed by atoms with Crippen LogP contribution in [0.3, 0.4) is 0 Å². The van der Waals surface area contributed by atoms with Gasteiger partial charge in [-0.2, -0.15) is 0 Å². The molecule has 0 N–H and O–H groups in total. The molecule has 70 heavy (non-hydrogen) atoms. The number of hydrogen-bond acceptors (Lipinski definition) is 2. The second-order valence-corrected chi connectivity index (χ2v) is 18.4. The summed E-state index contributed by atoms with van der Waals surface area (Å²) in [7, 11) is 0. The maximum atomic E-state index is 2.51. The predicted molar refractivity (Wildman–Crippen MR) is 292 cm³/mol. The Morgan fingerprint density at radius 3 is 1.34 bits per heavy atom. The molecular formula is C67H45N3. The van der Waals surface area contributed by atoms with Crippen LogP contribution < -0.4 is 9.80 Å². The molecule has 12 aromatic rings. The highest BCUT2D eigenvalue weighted by Gasteiger charge is 2.52. The predicted octanol–water partition coefficient (Wildman–Crippen LogP) is 17.7. The van der Waals surface area contributed by atoms with Gasteiger partial charge in [-0.05, 0) is 147 Å². The standard InChI is InChI=1S/C67H45N3/c1-5-20-46(21-6-1)47-36-38-51(39-37-47)69(64-34-19-35-65-66(64)58-30-15-18-33-63(58)70(65)50-26-11-4-12-27-50)53-41-43-57-55-29-14-17-32-60(55)67(62(57)45-53)59-31-16-13-28-54(59)56-42-40-52(44-61(56)67)68(48-22-7-2-8-23-48)49-24-9-3-10-25-49/h1-45H. The molecule has 1 aromatic heterocycles. The molecule has 1 atom stereocenters. The van der Waals surface area contributed by atoms with Crippen molar-refractivity contribution in [2.24, 2.45) is 0 Å². The van der Waals surface area contributed by atoms with Crippen LogP contribution >= 0.6 is 0 Å². The van der Waals surface area contributed by atoms with E-state index >= 15 is 0 Å². The first kappa shape index (κ1) is 39.9. The summed E-state index contributed by atoms with van der Waals surface area (Å²) < 4.78 is 2.41. The first-order chi connectivity index (χ1) is 34.8. The Morgan fingerprint density at radius 1 is 0.286 bits per heavy atom. The molecule has 1 unspecified atom stereocenters. The van der Waals surface area contributed by atoms with Gasteiger partial charge >= 0.3 is 0 Å². The van der Waals surface area contributed by atoms with E-state index < -0.39 is 5.41 Å². The van der Waals surface area contributed by atoms with Crippen molar-refractivity contribution in [1.82, 2.24) is 4.57 Å². The monoisotopic (exact) mass is 891 g/mol. The number of nitrogens with zero attached hydrogens (tertiary/aromatic N) is 3. The fourth-order valence-electron chi connectivity index (χ4n) is 11.9. The van der Waals surface area contributed by atoms with Crippen molar-refractivity contribution < 1.29 is 0 Å². The van der Waals surface area contributed by atoms with Gasteiger partial charge in [0, 0.05) is 44.9 Å². The number of benzene rings is 11. The van der Waals surface area contributed by atoms with E-state index in [2.05, 4.69) is 287 Å². The van der Waals surface area contributed by atoms with Gasteiger partial charge < -0.3 is 14.4 Å². The van der Waals surface area contributed by atoms with E-state index in [1.165, 1.54) is 71.9 Å². The Hall–Kier alpha value is -9.18. The second kappa shape index (κ2) is 16.0. The van der Waals surface area contributed by atoms with Gasteiger partial charge in [-0.15, -0.1) is 0 Å². The molecule has 11 aromatic carbocycles. The molecule has 0 amide bonds. The number of aromatic nitrogens is 1. The highest BCUT2D eigenvalue weighted by molar-refractivity contribution is 6.16. The van der Waals surface area contributed by atoms with Gasteiger partial charge in [0.1, 0.15) is 0 Å². The smallest absolute Gasteiger partial charge is 0.0727 e. The zero-order valence-electron chi connectivity index (χ0n) is 38.3. The van der Waals surface area contributed by atoms with Crippen LogP contribution in [0.5, 0.6) is 0 Å². The van der Waals surface area contributed by atoms with Crippen molar-refractivity contribution >= 4 is 55.9 Å². The minimum atomic E-state index is -0.596. The van der Waals surface area contributed by atoms with E-state index in [9.17, 15) is 0 Å². The molecule has 3 heteroatoms. The van der Waals surface area contributed by atoms with Crippen molar-refractivity contribution in [3.05, 3.63) is 295 Å². The van der Waals surface area contributed by atoms with Crippen LogP contribution in [-0.2, 0) is 5.41 Å². The average molecular weight is 892 g/mol.